The van der Waals surface area contributed by atoms with Crippen molar-refractivity contribution in [2.45, 2.75) is 12.8 Å². The van der Waals surface area contributed by atoms with E-state index in [1.165, 1.54) is 0 Å². The van der Waals surface area contributed by atoms with Crippen molar-refractivity contribution in [1.29, 1.82) is 5.26 Å². The van der Waals surface area contributed by atoms with Crippen LogP contribution in [0, 0.1) is 11.3 Å². The molecule has 0 atom stereocenters. The third-order valence-corrected chi connectivity index (χ3v) is 1.85. The average molecular weight is 261 g/mol. The smallest absolute Gasteiger partial charge is 0.481 e. The van der Waals surface area contributed by atoms with Crippen molar-refractivity contribution in [3.8, 4) is 11.8 Å². The number of halogens is 3. The normalized spacial score (nSPS) is 10.8. The maximum Gasteiger partial charge on any atom is 0.573 e. The summed E-state index contributed by atoms with van der Waals surface area (Å²) in [4.78, 5) is 13.9. The molecule has 0 saturated heterocycles. The Bertz CT molecular complexity index is 522. The van der Waals surface area contributed by atoms with E-state index in [9.17, 15) is 18.0 Å². The maximum absolute atomic E-state index is 12.0. The topological polar surface area (TPSA) is 109 Å². The van der Waals surface area contributed by atoms with Gasteiger partial charge in [0.25, 0.3) is 0 Å². The number of nitrogens with two attached hydrogens (primary N) is 1. The van der Waals surface area contributed by atoms with Crippen LogP contribution in [0.2, 0.25) is 0 Å². The van der Waals surface area contributed by atoms with Gasteiger partial charge in [-0.3, -0.25) is 4.79 Å². The molecule has 1 aromatic heterocycles. The van der Waals surface area contributed by atoms with E-state index in [2.05, 4.69) is 9.72 Å². The molecule has 9 heteroatoms. The van der Waals surface area contributed by atoms with Crippen LogP contribution in [-0.2, 0) is 11.2 Å². The number of hydrogen-bond donors (Lipinski definition) is 2. The summed E-state index contributed by atoms with van der Waals surface area (Å²) in [6.45, 7) is 0. The van der Waals surface area contributed by atoms with E-state index in [1.807, 2.05) is 0 Å². The summed E-state index contributed by atoms with van der Waals surface area (Å²) in [6, 6.07) is 1.54. The molecular formula is C9H6F3N3O3. The molecule has 0 spiro atoms. The number of nitrogens with zero attached hydrogens (tertiary/aromatic N) is 2. The number of aliphatic carboxylic acids is 1. The lowest BCUT2D eigenvalue weighted by Crippen LogP contribution is -2.19. The number of carbonyl (C=O) groups is 1. The van der Waals surface area contributed by atoms with Gasteiger partial charge in [0.1, 0.15) is 11.8 Å². The van der Waals surface area contributed by atoms with E-state index >= 15 is 0 Å². The quantitative estimate of drug-likeness (QED) is 0.841. The van der Waals surface area contributed by atoms with Gasteiger partial charge in [0.05, 0.1) is 18.3 Å². The number of alkyl halides is 3. The van der Waals surface area contributed by atoms with Crippen molar-refractivity contribution in [1.82, 2.24) is 4.98 Å². The SMILES string of the molecule is N#Cc1ncc(OC(F)(F)F)c(N)c1CC(=O)O. The van der Waals surface area contributed by atoms with Crippen molar-refractivity contribution in [3.05, 3.63) is 17.5 Å². The molecule has 1 heterocycles. The maximum atomic E-state index is 12.0. The van der Waals surface area contributed by atoms with Gasteiger partial charge in [-0.1, -0.05) is 0 Å². The predicted molar refractivity (Wildman–Crippen MR) is 51.4 cm³/mol. The summed E-state index contributed by atoms with van der Waals surface area (Å²) >= 11 is 0. The molecule has 0 amide bonds. The lowest BCUT2D eigenvalue weighted by molar-refractivity contribution is -0.274. The minimum atomic E-state index is -4.98. The Morgan fingerprint density at radius 1 is 1.61 bits per heavy atom. The second kappa shape index (κ2) is 4.79. The molecule has 0 fully saturated rings. The minimum absolute atomic E-state index is 0.313. The third-order valence-electron chi connectivity index (χ3n) is 1.85. The molecule has 0 saturated carbocycles. The number of ether oxygens (including phenoxy) is 1. The Morgan fingerprint density at radius 3 is 2.67 bits per heavy atom. The Kier molecular flexibility index (Phi) is 3.61. The van der Waals surface area contributed by atoms with Gasteiger partial charge in [0, 0.05) is 5.56 Å². The summed E-state index contributed by atoms with van der Waals surface area (Å²) in [7, 11) is 0. The minimum Gasteiger partial charge on any atom is -0.481 e. The molecule has 3 N–H and O–H groups in total. The first kappa shape index (κ1) is 13.6. The zero-order valence-corrected chi connectivity index (χ0v) is 8.65. The summed E-state index contributed by atoms with van der Waals surface area (Å²) in [5.41, 5.74) is 4.10. The Balaban J connectivity index is 3.26. The van der Waals surface area contributed by atoms with Crippen LogP contribution in [0.5, 0.6) is 5.75 Å². The monoisotopic (exact) mass is 261 g/mol. The molecule has 96 valence electrons. The molecule has 18 heavy (non-hydrogen) atoms. The molecule has 1 aromatic rings. The van der Waals surface area contributed by atoms with Crippen molar-refractivity contribution < 1.29 is 27.8 Å². The first-order chi connectivity index (χ1) is 8.24. The number of pyridine rings is 1. The molecule has 0 aliphatic heterocycles. The molecule has 0 radical (unpaired) electrons. The van der Waals surface area contributed by atoms with Crippen LogP contribution in [0.4, 0.5) is 18.9 Å². The standard InChI is InChI=1S/C9H6F3N3O3/c10-9(11,12)18-6-3-15-5(2-13)4(8(6)14)1-7(16)17/h3H,1H2,(H2,14,15)(H,16,17). The number of hydrogen-bond acceptors (Lipinski definition) is 5. The fourth-order valence-electron chi connectivity index (χ4n) is 1.18. The van der Waals surface area contributed by atoms with Crippen molar-refractivity contribution >= 4 is 11.7 Å². The van der Waals surface area contributed by atoms with Gasteiger partial charge < -0.3 is 15.6 Å². The molecule has 0 aliphatic rings. The first-order valence-electron chi connectivity index (χ1n) is 4.39. The highest BCUT2D eigenvalue weighted by Gasteiger charge is 2.33. The Morgan fingerprint density at radius 2 is 2.22 bits per heavy atom. The zero-order valence-electron chi connectivity index (χ0n) is 8.65. The molecule has 0 aliphatic carbocycles. The number of nitrogen functional groups attached to an aromatic ring is 1. The predicted octanol–water partition coefficient (Wildman–Crippen LogP) is 1.06. The highest BCUT2D eigenvalue weighted by Crippen LogP contribution is 2.31. The lowest BCUT2D eigenvalue weighted by atomic mass is 10.1. The highest BCUT2D eigenvalue weighted by molar-refractivity contribution is 5.75. The van der Waals surface area contributed by atoms with Crippen LogP contribution >= 0.6 is 0 Å². The molecule has 0 aromatic carbocycles. The lowest BCUT2D eigenvalue weighted by Gasteiger charge is -2.13. The van der Waals surface area contributed by atoms with Crippen LogP contribution in [0.1, 0.15) is 11.3 Å². The van der Waals surface area contributed by atoms with Gasteiger partial charge in [0.2, 0.25) is 0 Å². The van der Waals surface area contributed by atoms with E-state index in [-0.39, 0.29) is 11.3 Å². The first-order valence-corrected chi connectivity index (χ1v) is 4.39. The van der Waals surface area contributed by atoms with Crippen LogP contribution < -0.4 is 10.5 Å². The number of carboxylic acid groups (broad SMARTS) is 1. The van der Waals surface area contributed by atoms with E-state index in [1.54, 1.807) is 6.07 Å². The molecule has 0 unspecified atom stereocenters. The number of nitriles is 1. The van der Waals surface area contributed by atoms with Crippen LogP contribution in [0.25, 0.3) is 0 Å². The molecule has 1 rings (SSSR count). The molecule has 0 bridgehead atoms. The van der Waals surface area contributed by atoms with Gasteiger partial charge in [-0.15, -0.1) is 13.2 Å². The zero-order chi connectivity index (χ0) is 13.9. The number of carboxylic acids is 1. The fourth-order valence-corrected chi connectivity index (χ4v) is 1.18. The summed E-state index contributed by atoms with van der Waals surface area (Å²) in [5.74, 6) is -2.19. The van der Waals surface area contributed by atoms with Gasteiger partial charge >= 0.3 is 12.3 Å². The third kappa shape index (κ3) is 3.24. The Hall–Kier alpha value is -2.50. The van der Waals surface area contributed by atoms with E-state index in [0.717, 1.165) is 0 Å². The van der Waals surface area contributed by atoms with Crippen molar-refractivity contribution in [3.63, 3.8) is 0 Å². The summed E-state index contributed by atoms with van der Waals surface area (Å²) in [5, 5.41) is 17.2. The fraction of sp³-hybridized carbons (Fsp3) is 0.222. The van der Waals surface area contributed by atoms with Crippen LogP contribution in [0.15, 0.2) is 6.20 Å². The largest absolute Gasteiger partial charge is 0.573 e. The van der Waals surface area contributed by atoms with Gasteiger partial charge in [-0.25, -0.2) is 4.98 Å². The highest BCUT2D eigenvalue weighted by atomic mass is 19.4. The Labute approximate surface area is 98.4 Å². The van der Waals surface area contributed by atoms with Gasteiger partial charge in [-0.2, -0.15) is 5.26 Å². The van der Waals surface area contributed by atoms with E-state index < -0.39 is 30.2 Å². The van der Waals surface area contributed by atoms with Crippen LogP contribution in [0.3, 0.4) is 0 Å². The van der Waals surface area contributed by atoms with Gasteiger partial charge in [0.15, 0.2) is 5.75 Å². The number of aromatic nitrogens is 1. The number of rotatable bonds is 3. The van der Waals surface area contributed by atoms with E-state index in [4.69, 9.17) is 16.1 Å². The second-order valence-corrected chi connectivity index (χ2v) is 3.09. The average Bonchev–Trinajstić information content (AvgIpc) is 2.22. The number of anilines is 1. The second-order valence-electron chi connectivity index (χ2n) is 3.09. The van der Waals surface area contributed by atoms with Crippen molar-refractivity contribution in [2.24, 2.45) is 0 Å². The van der Waals surface area contributed by atoms with Crippen molar-refractivity contribution in [2.75, 3.05) is 5.73 Å². The van der Waals surface area contributed by atoms with Crippen LogP contribution in [-0.4, -0.2) is 22.4 Å². The summed E-state index contributed by atoms with van der Waals surface area (Å²) in [6.07, 6.45) is -5.09. The molecule has 6 nitrogen and oxygen atoms in total. The molecular weight excluding hydrogens is 255 g/mol. The summed E-state index contributed by atoms with van der Waals surface area (Å²) < 4.78 is 39.6. The van der Waals surface area contributed by atoms with E-state index in [0.29, 0.717) is 6.20 Å². The van der Waals surface area contributed by atoms with Gasteiger partial charge in [-0.05, 0) is 0 Å².